The summed E-state index contributed by atoms with van der Waals surface area (Å²) in [5, 5.41) is 21.9. The number of rotatable bonds is 0. The Morgan fingerprint density at radius 1 is 1.00 bits per heavy atom. The Morgan fingerprint density at radius 3 is 2.43 bits per heavy atom. The Bertz CT molecular complexity index is 810. The second-order valence-electron chi connectivity index (χ2n) is 5.76. The molecule has 1 aliphatic carbocycles. The molecule has 4 rings (SSSR count). The van der Waals surface area contributed by atoms with Gasteiger partial charge in [0.25, 0.3) is 5.79 Å². The van der Waals surface area contributed by atoms with Crippen LogP contribution in [0.25, 0.3) is 0 Å². The Kier molecular flexibility index (Phi) is 2.11. The highest BCUT2D eigenvalue weighted by Crippen LogP contribution is 2.58. The molecule has 0 saturated carbocycles. The van der Waals surface area contributed by atoms with E-state index in [0.29, 0.717) is 22.4 Å². The normalized spacial score (nSPS) is 28.9. The van der Waals surface area contributed by atoms with Crippen molar-refractivity contribution in [1.82, 2.24) is 0 Å². The molecule has 2 atom stereocenters. The smallest absolute Gasteiger partial charge is 0.276 e. The van der Waals surface area contributed by atoms with Gasteiger partial charge in [-0.05, 0) is 37.1 Å². The number of hydrogen-bond acceptors (Lipinski definition) is 4. The summed E-state index contributed by atoms with van der Waals surface area (Å²) in [6.07, 6.45) is 0. The fourth-order valence-corrected chi connectivity index (χ4v) is 3.27. The molecule has 1 aliphatic heterocycles. The molecule has 2 aromatic carbocycles. The molecule has 2 aliphatic rings. The zero-order chi connectivity index (χ0) is 15.0. The molecule has 1 heterocycles. The van der Waals surface area contributed by atoms with Gasteiger partial charge in [-0.25, -0.2) is 0 Å². The predicted molar refractivity (Wildman–Crippen MR) is 75.1 cm³/mol. The van der Waals surface area contributed by atoms with Crippen LogP contribution < -0.4 is 4.74 Å². The van der Waals surface area contributed by atoms with Crippen LogP contribution in [0.5, 0.6) is 5.75 Å². The van der Waals surface area contributed by atoms with Gasteiger partial charge in [-0.2, -0.15) is 0 Å². The van der Waals surface area contributed by atoms with E-state index in [2.05, 4.69) is 0 Å². The maximum Gasteiger partial charge on any atom is 0.276 e. The summed E-state index contributed by atoms with van der Waals surface area (Å²) < 4.78 is 5.64. The fourth-order valence-electron chi connectivity index (χ4n) is 3.27. The summed E-state index contributed by atoms with van der Waals surface area (Å²) in [5.41, 5.74) is 0.759. The van der Waals surface area contributed by atoms with E-state index >= 15 is 0 Å². The molecule has 2 unspecified atom stereocenters. The third-order valence-electron chi connectivity index (χ3n) is 4.60. The molecule has 0 radical (unpaired) electrons. The molecule has 106 valence electrons. The number of hydrogen-bond donors (Lipinski definition) is 2. The number of fused-ring (bicyclic) bond motifs is 5. The van der Waals surface area contributed by atoms with Crippen LogP contribution in [-0.4, -0.2) is 16.0 Å². The topological polar surface area (TPSA) is 66.8 Å². The van der Waals surface area contributed by atoms with Crippen LogP contribution in [0.1, 0.15) is 32.6 Å². The SMILES string of the molecule is Cc1cc2c(cc1C)C1(O)C(=O)c3ccccc3C1(O)O2. The van der Waals surface area contributed by atoms with Crippen LogP contribution in [-0.2, 0) is 11.4 Å². The molecule has 0 saturated heterocycles. The van der Waals surface area contributed by atoms with E-state index in [-0.39, 0.29) is 0 Å². The largest absolute Gasteiger partial charge is 0.454 e. The predicted octanol–water partition coefficient (Wildman–Crippen LogP) is 1.93. The van der Waals surface area contributed by atoms with Crippen molar-refractivity contribution in [2.75, 3.05) is 0 Å². The number of Topliss-reactive ketones (excluding diaryl/α,β-unsaturated/α-hetero) is 1. The highest BCUT2D eigenvalue weighted by Gasteiger charge is 2.70. The van der Waals surface area contributed by atoms with E-state index in [1.54, 1.807) is 36.4 Å². The Morgan fingerprint density at radius 2 is 1.67 bits per heavy atom. The minimum Gasteiger partial charge on any atom is -0.454 e. The van der Waals surface area contributed by atoms with Gasteiger partial charge in [0.1, 0.15) is 5.75 Å². The van der Waals surface area contributed by atoms with Crippen LogP contribution in [0.2, 0.25) is 0 Å². The van der Waals surface area contributed by atoms with Crippen molar-refractivity contribution in [2.24, 2.45) is 0 Å². The molecule has 0 amide bonds. The van der Waals surface area contributed by atoms with Gasteiger partial charge in [-0.15, -0.1) is 0 Å². The number of carbonyl (C=O) groups excluding carboxylic acids is 1. The van der Waals surface area contributed by atoms with Gasteiger partial charge < -0.3 is 14.9 Å². The van der Waals surface area contributed by atoms with Crippen LogP contribution in [0, 0.1) is 13.8 Å². The second-order valence-corrected chi connectivity index (χ2v) is 5.76. The lowest BCUT2D eigenvalue weighted by molar-refractivity contribution is -0.224. The number of aliphatic hydroxyl groups is 2. The molecule has 0 fully saturated rings. The molecule has 0 spiro atoms. The molecular formula is C17H14O4. The van der Waals surface area contributed by atoms with Crippen molar-refractivity contribution >= 4 is 5.78 Å². The minimum absolute atomic E-state index is 0.298. The average Bonchev–Trinajstić information content (AvgIpc) is 2.78. The van der Waals surface area contributed by atoms with Crippen molar-refractivity contribution in [3.05, 3.63) is 64.2 Å². The highest BCUT2D eigenvalue weighted by molar-refractivity contribution is 6.09. The van der Waals surface area contributed by atoms with Crippen LogP contribution in [0.15, 0.2) is 36.4 Å². The molecule has 4 heteroatoms. The third kappa shape index (κ3) is 1.21. The van der Waals surface area contributed by atoms with Gasteiger partial charge in [0.15, 0.2) is 0 Å². The maximum atomic E-state index is 12.7. The molecule has 2 aromatic rings. The summed E-state index contributed by atoms with van der Waals surface area (Å²) in [6, 6.07) is 10.1. The first-order valence-corrected chi connectivity index (χ1v) is 6.79. The second kappa shape index (κ2) is 3.53. The maximum absolute atomic E-state index is 12.7. The quantitative estimate of drug-likeness (QED) is 0.775. The van der Waals surface area contributed by atoms with E-state index in [0.717, 1.165) is 11.1 Å². The van der Waals surface area contributed by atoms with Crippen molar-refractivity contribution in [2.45, 2.75) is 25.2 Å². The lowest BCUT2D eigenvalue weighted by Gasteiger charge is -2.28. The van der Waals surface area contributed by atoms with E-state index in [1.807, 2.05) is 13.8 Å². The number of ketones is 1. The van der Waals surface area contributed by atoms with E-state index in [1.165, 1.54) is 0 Å². The van der Waals surface area contributed by atoms with Gasteiger partial charge in [0.05, 0.1) is 0 Å². The van der Waals surface area contributed by atoms with Crippen LogP contribution in [0.3, 0.4) is 0 Å². The number of ether oxygens (including phenoxy) is 1. The van der Waals surface area contributed by atoms with Crippen LogP contribution in [0.4, 0.5) is 0 Å². The lowest BCUT2D eigenvalue weighted by atomic mass is 9.86. The molecule has 21 heavy (non-hydrogen) atoms. The number of aryl methyl sites for hydroxylation is 2. The van der Waals surface area contributed by atoms with Gasteiger partial charge in [-0.3, -0.25) is 4.79 Å². The Balaban J connectivity index is 2.06. The van der Waals surface area contributed by atoms with E-state index in [9.17, 15) is 15.0 Å². The summed E-state index contributed by atoms with van der Waals surface area (Å²) in [6.45, 7) is 3.81. The highest BCUT2D eigenvalue weighted by atomic mass is 16.7. The summed E-state index contributed by atoms with van der Waals surface area (Å²) >= 11 is 0. The van der Waals surface area contributed by atoms with Crippen LogP contribution >= 0.6 is 0 Å². The first-order valence-electron chi connectivity index (χ1n) is 6.79. The van der Waals surface area contributed by atoms with Crippen molar-refractivity contribution in [3.8, 4) is 5.75 Å². The molecule has 0 aromatic heterocycles. The fraction of sp³-hybridized carbons (Fsp3) is 0.235. The molecular weight excluding hydrogens is 268 g/mol. The standard InChI is InChI=1S/C17H14O4/c1-9-7-13-14(8-10(9)2)21-17(20)12-6-4-3-5-11(12)15(18)16(13,17)19/h3-8,19-20H,1-2H3. The lowest BCUT2D eigenvalue weighted by Crippen LogP contribution is -2.48. The third-order valence-corrected chi connectivity index (χ3v) is 4.60. The first-order chi connectivity index (χ1) is 9.89. The van der Waals surface area contributed by atoms with Crippen molar-refractivity contribution in [1.29, 1.82) is 0 Å². The van der Waals surface area contributed by atoms with E-state index < -0.39 is 17.2 Å². The van der Waals surface area contributed by atoms with Gasteiger partial charge in [0, 0.05) is 16.7 Å². The van der Waals surface area contributed by atoms with Gasteiger partial charge in [-0.1, -0.05) is 24.3 Å². The Labute approximate surface area is 121 Å². The number of benzene rings is 2. The van der Waals surface area contributed by atoms with Crippen molar-refractivity contribution < 1.29 is 19.7 Å². The molecule has 0 bridgehead atoms. The number of carbonyl (C=O) groups is 1. The van der Waals surface area contributed by atoms with Crippen molar-refractivity contribution in [3.63, 3.8) is 0 Å². The molecule has 4 nitrogen and oxygen atoms in total. The molecule has 2 N–H and O–H groups in total. The Hall–Kier alpha value is -2.17. The van der Waals surface area contributed by atoms with Gasteiger partial charge in [0.2, 0.25) is 11.4 Å². The first kappa shape index (κ1) is 12.6. The summed E-state index contributed by atoms with van der Waals surface area (Å²) in [5.74, 6) is -2.22. The zero-order valence-corrected chi connectivity index (χ0v) is 11.7. The monoisotopic (exact) mass is 282 g/mol. The summed E-state index contributed by atoms with van der Waals surface area (Å²) in [4.78, 5) is 12.7. The minimum atomic E-state index is -2.08. The van der Waals surface area contributed by atoms with E-state index in [4.69, 9.17) is 4.74 Å². The summed E-state index contributed by atoms with van der Waals surface area (Å²) in [7, 11) is 0. The average molecular weight is 282 g/mol. The van der Waals surface area contributed by atoms with Gasteiger partial charge >= 0.3 is 0 Å². The zero-order valence-electron chi connectivity index (χ0n) is 11.7.